The number of imidazole rings is 2. The van der Waals surface area contributed by atoms with E-state index in [0.717, 1.165) is 33.5 Å². The third-order valence-electron chi connectivity index (χ3n) is 3.50. The number of thioether (sulfide) groups is 1. The van der Waals surface area contributed by atoms with Gasteiger partial charge in [-0.3, -0.25) is 14.2 Å². The average molecular weight is 320 g/mol. The van der Waals surface area contributed by atoms with Crippen LogP contribution in [0, 0.1) is 6.92 Å². The van der Waals surface area contributed by atoms with Crippen LogP contribution in [0.4, 0.5) is 0 Å². The Morgan fingerprint density at radius 2 is 1.87 bits per heavy atom. The number of aryl methyl sites for hydroxylation is 1. The standard InChI is InChI=1S/C17H12N4OS/c1-11-15(23-16(22)13-8-5-6-10-18-13)21-14-9-4-2-3-7-12(14)20-17(21)19-11/h2-10H,1H3. The van der Waals surface area contributed by atoms with Crippen LogP contribution in [0.1, 0.15) is 16.2 Å². The molecule has 3 heterocycles. The molecule has 0 atom stereocenters. The molecule has 0 aliphatic rings. The van der Waals surface area contributed by atoms with Gasteiger partial charge in [0.1, 0.15) is 10.7 Å². The minimum Gasteiger partial charge on any atom is -0.279 e. The molecule has 23 heavy (non-hydrogen) atoms. The minimum atomic E-state index is -0.106. The van der Waals surface area contributed by atoms with Crippen molar-refractivity contribution in [2.24, 2.45) is 0 Å². The van der Waals surface area contributed by atoms with Gasteiger partial charge in [-0.25, -0.2) is 9.97 Å². The van der Waals surface area contributed by atoms with Crippen LogP contribution in [0.2, 0.25) is 0 Å². The largest absolute Gasteiger partial charge is 0.279 e. The lowest BCUT2D eigenvalue weighted by molar-refractivity contribution is 0.108. The Hall–Kier alpha value is -2.73. The smallest absolute Gasteiger partial charge is 0.243 e. The third-order valence-corrected chi connectivity index (χ3v) is 4.56. The van der Waals surface area contributed by atoms with E-state index in [4.69, 9.17) is 0 Å². The van der Waals surface area contributed by atoms with Crippen molar-refractivity contribution >= 4 is 33.7 Å². The van der Waals surface area contributed by atoms with Crippen molar-refractivity contribution in [3.05, 3.63) is 66.1 Å². The average Bonchev–Trinajstić information content (AvgIpc) is 2.93. The zero-order chi connectivity index (χ0) is 15.8. The summed E-state index contributed by atoms with van der Waals surface area (Å²) in [6.07, 6.45) is 1.62. The summed E-state index contributed by atoms with van der Waals surface area (Å²) in [7, 11) is 0. The maximum absolute atomic E-state index is 12.5. The second-order valence-corrected chi connectivity index (χ2v) is 6.00. The molecule has 0 spiro atoms. The first kappa shape index (κ1) is 13.9. The van der Waals surface area contributed by atoms with Crippen LogP contribution in [-0.4, -0.2) is 24.5 Å². The van der Waals surface area contributed by atoms with Crippen molar-refractivity contribution in [2.45, 2.75) is 11.9 Å². The van der Waals surface area contributed by atoms with Crippen LogP contribution >= 0.6 is 11.8 Å². The Bertz CT molecular complexity index is 1030. The molecule has 0 unspecified atom stereocenters. The molecule has 5 nitrogen and oxygen atoms in total. The van der Waals surface area contributed by atoms with Crippen LogP contribution in [0.3, 0.4) is 0 Å². The highest BCUT2D eigenvalue weighted by Gasteiger charge is 2.19. The fraction of sp³-hybridized carbons (Fsp3) is 0.0588. The van der Waals surface area contributed by atoms with E-state index < -0.39 is 0 Å². The van der Waals surface area contributed by atoms with Gasteiger partial charge in [-0.05, 0) is 43.0 Å². The maximum Gasteiger partial charge on any atom is 0.243 e. The lowest BCUT2D eigenvalue weighted by Gasteiger charge is -2.01. The van der Waals surface area contributed by atoms with E-state index in [1.807, 2.05) is 41.7 Å². The topological polar surface area (TPSA) is 60.2 Å². The molecule has 0 saturated heterocycles. The number of nitrogens with zero attached hydrogens (tertiary/aromatic N) is 4. The van der Waals surface area contributed by atoms with Crippen LogP contribution < -0.4 is 0 Å². The van der Waals surface area contributed by atoms with Gasteiger partial charge >= 0.3 is 0 Å². The monoisotopic (exact) mass is 320 g/mol. The Labute approximate surface area is 136 Å². The molecule has 112 valence electrons. The van der Waals surface area contributed by atoms with Crippen molar-refractivity contribution in [1.82, 2.24) is 19.4 Å². The summed E-state index contributed by atoms with van der Waals surface area (Å²) in [4.78, 5) is 25.6. The summed E-state index contributed by atoms with van der Waals surface area (Å²) in [5.41, 5.74) is 3.00. The Morgan fingerprint density at radius 3 is 2.70 bits per heavy atom. The first-order valence-corrected chi connectivity index (χ1v) is 7.93. The van der Waals surface area contributed by atoms with E-state index in [-0.39, 0.29) is 5.12 Å². The zero-order valence-electron chi connectivity index (χ0n) is 12.3. The number of aromatic nitrogens is 4. The summed E-state index contributed by atoms with van der Waals surface area (Å²) in [5.74, 6) is 0.611. The van der Waals surface area contributed by atoms with Crippen molar-refractivity contribution in [3.8, 4) is 0 Å². The molecule has 4 rings (SSSR count). The van der Waals surface area contributed by atoms with E-state index in [2.05, 4.69) is 15.0 Å². The molecule has 0 amide bonds. The molecule has 4 aromatic rings. The van der Waals surface area contributed by atoms with Crippen LogP contribution in [0.5, 0.6) is 0 Å². The highest BCUT2D eigenvalue weighted by Crippen LogP contribution is 2.29. The molecule has 0 aliphatic heterocycles. The SMILES string of the molecule is Cc1nc2nc3cccccc3n2c1SC(=O)c1ccccn1. The van der Waals surface area contributed by atoms with Crippen molar-refractivity contribution in [3.63, 3.8) is 0 Å². The number of fused-ring (bicyclic) bond motifs is 3. The van der Waals surface area contributed by atoms with E-state index >= 15 is 0 Å². The first-order valence-electron chi connectivity index (χ1n) is 7.11. The molecule has 1 aromatic carbocycles. The number of hydrogen-bond donors (Lipinski definition) is 0. The summed E-state index contributed by atoms with van der Waals surface area (Å²) in [5, 5.41) is 0.675. The lowest BCUT2D eigenvalue weighted by Crippen LogP contribution is -1.98. The number of carbonyl (C=O) groups is 1. The maximum atomic E-state index is 12.5. The zero-order valence-corrected chi connectivity index (χ0v) is 13.1. The Morgan fingerprint density at radius 1 is 1.04 bits per heavy atom. The van der Waals surface area contributed by atoms with Gasteiger partial charge in [0.15, 0.2) is 0 Å². The number of hydrogen-bond acceptors (Lipinski definition) is 5. The van der Waals surface area contributed by atoms with Gasteiger partial charge in [0, 0.05) is 6.20 Å². The predicted molar refractivity (Wildman–Crippen MR) is 89.7 cm³/mol. The third kappa shape index (κ3) is 2.37. The highest BCUT2D eigenvalue weighted by molar-refractivity contribution is 8.14. The van der Waals surface area contributed by atoms with Crippen molar-refractivity contribution in [1.29, 1.82) is 0 Å². The van der Waals surface area contributed by atoms with E-state index in [0.29, 0.717) is 11.5 Å². The van der Waals surface area contributed by atoms with Gasteiger partial charge in [0.05, 0.1) is 16.7 Å². The normalized spacial score (nSPS) is 11.2. The van der Waals surface area contributed by atoms with Crippen LogP contribution in [-0.2, 0) is 0 Å². The van der Waals surface area contributed by atoms with Crippen LogP contribution in [0.15, 0.2) is 59.8 Å². The number of rotatable bonds is 2. The number of pyridine rings is 1. The fourth-order valence-corrected chi connectivity index (χ4v) is 3.32. The van der Waals surface area contributed by atoms with Crippen molar-refractivity contribution in [2.75, 3.05) is 0 Å². The fourth-order valence-electron chi connectivity index (χ4n) is 2.46. The van der Waals surface area contributed by atoms with Crippen LogP contribution in [0.25, 0.3) is 16.8 Å². The summed E-state index contributed by atoms with van der Waals surface area (Å²) in [6.45, 7) is 1.89. The molecule has 0 N–H and O–H groups in total. The summed E-state index contributed by atoms with van der Waals surface area (Å²) < 4.78 is 1.93. The molecule has 0 saturated carbocycles. The Balaban J connectivity index is 1.86. The first-order chi connectivity index (χ1) is 11.2. The molecule has 0 bridgehead atoms. The minimum absolute atomic E-state index is 0.106. The molecule has 6 heteroatoms. The van der Waals surface area contributed by atoms with Crippen molar-refractivity contribution < 1.29 is 4.79 Å². The van der Waals surface area contributed by atoms with Gasteiger partial charge in [-0.1, -0.05) is 24.3 Å². The molecule has 0 aliphatic carbocycles. The van der Waals surface area contributed by atoms with Gasteiger partial charge in [-0.2, -0.15) is 0 Å². The molecule has 3 aromatic heterocycles. The van der Waals surface area contributed by atoms with Gasteiger partial charge < -0.3 is 0 Å². The molecular formula is C17H12N4OS. The molecular weight excluding hydrogens is 308 g/mol. The lowest BCUT2D eigenvalue weighted by atomic mass is 10.4. The van der Waals surface area contributed by atoms with Gasteiger partial charge in [-0.15, -0.1) is 0 Å². The van der Waals surface area contributed by atoms with Gasteiger partial charge in [0.25, 0.3) is 0 Å². The summed E-state index contributed by atoms with van der Waals surface area (Å²) in [6, 6.07) is 15.1. The second kappa shape index (κ2) is 5.48. The highest BCUT2D eigenvalue weighted by atomic mass is 32.2. The number of carbonyl (C=O) groups excluding carboxylic acids is 1. The summed E-state index contributed by atoms with van der Waals surface area (Å²) >= 11 is 1.13. The van der Waals surface area contributed by atoms with E-state index in [1.54, 1.807) is 24.4 Å². The molecule has 0 radical (unpaired) electrons. The molecule has 0 fully saturated rings. The quantitative estimate of drug-likeness (QED) is 0.529. The predicted octanol–water partition coefficient (Wildman–Crippen LogP) is 3.52. The second-order valence-electron chi connectivity index (χ2n) is 5.04. The van der Waals surface area contributed by atoms with E-state index in [1.165, 1.54) is 0 Å². The Kier molecular flexibility index (Phi) is 3.31. The van der Waals surface area contributed by atoms with E-state index in [9.17, 15) is 4.79 Å². The van der Waals surface area contributed by atoms with Gasteiger partial charge in [0.2, 0.25) is 10.9 Å².